The van der Waals surface area contributed by atoms with Gasteiger partial charge in [-0.2, -0.15) is 0 Å². The van der Waals surface area contributed by atoms with Crippen LogP contribution in [0.15, 0.2) is 6.33 Å². The first-order valence-corrected chi connectivity index (χ1v) is 6.89. The van der Waals surface area contributed by atoms with E-state index >= 15 is 0 Å². The van der Waals surface area contributed by atoms with Gasteiger partial charge < -0.3 is 10.7 Å². The van der Waals surface area contributed by atoms with Crippen molar-refractivity contribution < 1.29 is 0 Å². The topological polar surface area (TPSA) is 75.9 Å². The van der Waals surface area contributed by atoms with Gasteiger partial charge in [0.25, 0.3) is 0 Å². The number of rotatable bonds is 6. The second-order valence-corrected chi connectivity index (χ2v) is 4.98. The van der Waals surface area contributed by atoms with Crippen LogP contribution in [0.1, 0.15) is 44.6 Å². The SMILES string of the molecule is CCCc1c(NN)ncnc1NCC1CCCC1. The van der Waals surface area contributed by atoms with Crippen LogP contribution in [0, 0.1) is 5.92 Å². The third-order valence-corrected chi connectivity index (χ3v) is 3.62. The Hall–Kier alpha value is -1.36. The summed E-state index contributed by atoms with van der Waals surface area (Å²) in [5.41, 5.74) is 3.76. The first kappa shape index (κ1) is 13.1. The third kappa shape index (κ3) is 3.10. The molecule has 4 N–H and O–H groups in total. The average Bonchev–Trinajstić information content (AvgIpc) is 2.91. The van der Waals surface area contributed by atoms with Gasteiger partial charge in [0.15, 0.2) is 0 Å². The minimum atomic E-state index is 0.737. The largest absolute Gasteiger partial charge is 0.369 e. The van der Waals surface area contributed by atoms with Gasteiger partial charge >= 0.3 is 0 Å². The smallest absolute Gasteiger partial charge is 0.148 e. The fourth-order valence-electron chi connectivity index (χ4n) is 2.63. The molecule has 0 amide bonds. The van der Waals surface area contributed by atoms with E-state index in [4.69, 9.17) is 5.84 Å². The van der Waals surface area contributed by atoms with Crippen LogP contribution in [0.5, 0.6) is 0 Å². The van der Waals surface area contributed by atoms with E-state index in [1.54, 1.807) is 6.33 Å². The predicted molar refractivity (Wildman–Crippen MR) is 74.3 cm³/mol. The Morgan fingerprint density at radius 3 is 2.67 bits per heavy atom. The summed E-state index contributed by atoms with van der Waals surface area (Å²) in [6, 6.07) is 0. The number of hydrogen-bond donors (Lipinski definition) is 3. The molecule has 1 aromatic heterocycles. The van der Waals surface area contributed by atoms with E-state index in [0.29, 0.717) is 0 Å². The van der Waals surface area contributed by atoms with E-state index in [9.17, 15) is 0 Å². The van der Waals surface area contributed by atoms with Gasteiger partial charge in [0.2, 0.25) is 0 Å². The Morgan fingerprint density at radius 2 is 2.00 bits per heavy atom. The standard InChI is InChI=1S/C13H23N5/c1-2-5-11-12(16-9-17-13(11)18-14)15-8-10-6-3-4-7-10/h9-10H,2-8,14H2,1H3,(H2,15,16,17,18). The van der Waals surface area contributed by atoms with Crippen molar-refractivity contribution in [3.63, 3.8) is 0 Å². The highest BCUT2D eigenvalue weighted by Crippen LogP contribution is 2.26. The molecule has 1 aliphatic carbocycles. The molecule has 1 heterocycles. The van der Waals surface area contributed by atoms with Gasteiger partial charge in [-0.1, -0.05) is 26.2 Å². The second kappa shape index (κ2) is 6.54. The number of anilines is 2. The molecule has 1 saturated carbocycles. The fraction of sp³-hybridized carbons (Fsp3) is 0.692. The molecule has 1 fully saturated rings. The molecule has 0 spiro atoms. The Kier molecular flexibility index (Phi) is 4.75. The molecule has 0 aromatic carbocycles. The molecular weight excluding hydrogens is 226 g/mol. The number of nitrogen functional groups attached to an aromatic ring is 1. The molecule has 0 aliphatic heterocycles. The summed E-state index contributed by atoms with van der Waals surface area (Å²) in [7, 11) is 0. The van der Waals surface area contributed by atoms with Crippen molar-refractivity contribution >= 4 is 11.6 Å². The molecular formula is C13H23N5. The molecule has 1 aromatic rings. The van der Waals surface area contributed by atoms with Gasteiger partial charge in [-0.3, -0.25) is 0 Å². The molecule has 5 nitrogen and oxygen atoms in total. The average molecular weight is 249 g/mol. The highest BCUT2D eigenvalue weighted by Gasteiger charge is 2.16. The summed E-state index contributed by atoms with van der Waals surface area (Å²) in [4.78, 5) is 8.52. The number of nitrogens with one attached hydrogen (secondary N) is 2. The van der Waals surface area contributed by atoms with Crippen molar-refractivity contribution in [3.8, 4) is 0 Å². The maximum Gasteiger partial charge on any atom is 0.148 e. The Labute approximate surface area is 109 Å². The van der Waals surface area contributed by atoms with Crippen molar-refractivity contribution in [1.82, 2.24) is 9.97 Å². The van der Waals surface area contributed by atoms with Crippen molar-refractivity contribution in [1.29, 1.82) is 0 Å². The molecule has 0 radical (unpaired) electrons. The monoisotopic (exact) mass is 249 g/mol. The maximum absolute atomic E-state index is 5.50. The van der Waals surface area contributed by atoms with Gasteiger partial charge in [-0.05, 0) is 25.2 Å². The molecule has 18 heavy (non-hydrogen) atoms. The fourth-order valence-corrected chi connectivity index (χ4v) is 2.63. The van der Waals surface area contributed by atoms with Gasteiger partial charge in [0, 0.05) is 12.1 Å². The van der Waals surface area contributed by atoms with Crippen molar-refractivity contribution in [2.75, 3.05) is 17.3 Å². The lowest BCUT2D eigenvalue weighted by molar-refractivity contribution is 0.578. The van der Waals surface area contributed by atoms with E-state index in [0.717, 1.165) is 42.5 Å². The van der Waals surface area contributed by atoms with Gasteiger partial charge in [-0.25, -0.2) is 15.8 Å². The lowest BCUT2D eigenvalue weighted by Gasteiger charge is -2.15. The maximum atomic E-state index is 5.50. The second-order valence-electron chi connectivity index (χ2n) is 4.98. The zero-order valence-corrected chi connectivity index (χ0v) is 11.1. The number of nitrogens with zero attached hydrogens (tertiary/aromatic N) is 2. The van der Waals surface area contributed by atoms with Gasteiger partial charge in [0.05, 0.1) is 0 Å². The van der Waals surface area contributed by atoms with Crippen LogP contribution in [-0.4, -0.2) is 16.5 Å². The quantitative estimate of drug-likeness (QED) is 0.533. The molecule has 0 unspecified atom stereocenters. The van der Waals surface area contributed by atoms with Crippen molar-refractivity contribution in [2.45, 2.75) is 45.4 Å². The Balaban J connectivity index is 2.05. The first-order valence-electron chi connectivity index (χ1n) is 6.89. The minimum absolute atomic E-state index is 0.737. The van der Waals surface area contributed by atoms with Gasteiger partial charge in [0.1, 0.15) is 18.0 Å². The lowest BCUT2D eigenvalue weighted by atomic mass is 10.1. The predicted octanol–water partition coefficient (Wildman–Crippen LogP) is 2.32. The molecule has 0 saturated heterocycles. The van der Waals surface area contributed by atoms with Crippen LogP contribution in [-0.2, 0) is 6.42 Å². The molecule has 5 heteroatoms. The van der Waals surface area contributed by atoms with Crippen molar-refractivity contribution in [3.05, 3.63) is 11.9 Å². The number of nitrogens with two attached hydrogens (primary N) is 1. The van der Waals surface area contributed by atoms with E-state index in [-0.39, 0.29) is 0 Å². The van der Waals surface area contributed by atoms with E-state index in [2.05, 4.69) is 27.6 Å². The van der Waals surface area contributed by atoms with Crippen LogP contribution in [0.2, 0.25) is 0 Å². The normalized spacial score (nSPS) is 15.9. The summed E-state index contributed by atoms with van der Waals surface area (Å²) in [5.74, 6) is 7.97. The highest BCUT2D eigenvalue weighted by molar-refractivity contribution is 5.56. The van der Waals surface area contributed by atoms with E-state index < -0.39 is 0 Å². The zero-order valence-electron chi connectivity index (χ0n) is 11.1. The molecule has 1 aliphatic rings. The molecule has 0 bridgehead atoms. The van der Waals surface area contributed by atoms with Gasteiger partial charge in [-0.15, -0.1) is 0 Å². The summed E-state index contributed by atoms with van der Waals surface area (Å²) in [5, 5.41) is 3.47. The van der Waals surface area contributed by atoms with Crippen LogP contribution in [0.4, 0.5) is 11.6 Å². The van der Waals surface area contributed by atoms with E-state index in [1.165, 1.54) is 25.7 Å². The number of hydrazine groups is 1. The summed E-state index contributed by atoms with van der Waals surface area (Å²) >= 11 is 0. The highest BCUT2D eigenvalue weighted by atomic mass is 15.3. The first-order chi connectivity index (χ1) is 8.85. The van der Waals surface area contributed by atoms with Crippen LogP contribution < -0.4 is 16.6 Å². The lowest BCUT2D eigenvalue weighted by Crippen LogP contribution is -2.17. The molecule has 100 valence electrons. The summed E-state index contributed by atoms with van der Waals surface area (Å²) in [6.45, 7) is 3.16. The van der Waals surface area contributed by atoms with Crippen LogP contribution >= 0.6 is 0 Å². The van der Waals surface area contributed by atoms with Crippen LogP contribution in [0.25, 0.3) is 0 Å². The molecule has 2 rings (SSSR count). The van der Waals surface area contributed by atoms with Crippen molar-refractivity contribution in [2.24, 2.45) is 11.8 Å². The minimum Gasteiger partial charge on any atom is -0.369 e. The Bertz CT molecular complexity index is 374. The number of aromatic nitrogens is 2. The third-order valence-electron chi connectivity index (χ3n) is 3.62. The Morgan fingerprint density at radius 1 is 1.28 bits per heavy atom. The molecule has 0 atom stereocenters. The van der Waals surface area contributed by atoms with E-state index in [1.807, 2.05) is 0 Å². The van der Waals surface area contributed by atoms with Crippen LogP contribution in [0.3, 0.4) is 0 Å². The zero-order chi connectivity index (χ0) is 12.8. The summed E-state index contributed by atoms with van der Waals surface area (Å²) < 4.78 is 0. The number of hydrogen-bond acceptors (Lipinski definition) is 5. The summed E-state index contributed by atoms with van der Waals surface area (Å²) in [6.07, 6.45) is 8.96.